The predicted molar refractivity (Wildman–Crippen MR) is 54.8 cm³/mol. The minimum absolute atomic E-state index is 0.121. The van der Waals surface area contributed by atoms with E-state index in [4.69, 9.17) is 16.3 Å². The summed E-state index contributed by atoms with van der Waals surface area (Å²) in [4.78, 5) is 0. The van der Waals surface area contributed by atoms with Crippen LogP contribution in [0.15, 0.2) is 18.2 Å². The molecule has 1 aromatic rings. The lowest BCUT2D eigenvalue weighted by atomic mass is 10.0. The van der Waals surface area contributed by atoms with Gasteiger partial charge in [-0.15, -0.1) is 11.6 Å². The van der Waals surface area contributed by atoms with Crippen molar-refractivity contribution in [3.8, 4) is 5.75 Å². The Hall–Kier alpha value is -0.830. The molecule has 15 heavy (non-hydrogen) atoms. The molecule has 1 heterocycles. The summed E-state index contributed by atoms with van der Waals surface area (Å²) in [6.07, 6.45) is -1.66. The molecule has 0 fully saturated rings. The van der Waals surface area contributed by atoms with Crippen LogP contribution >= 0.6 is 11.6 Å². The molecule has 1 nitrogen and oxygen atoms in total. The topological polar surface area (TPSA) is 9.23 Å². The SMILES string of the molecule is CC1Cc2cc(C(Cl)C(F)F)ccc2O1. The maximum atomic E-state index is 12.4. The van der Waals surface area contributed by atoms with Crippen LogP contribution in [0.3, 0.4) is 0 Å². The summed E-state index contributed by atoms with van der Waals surface area (Å²) in [5.41, 5.74) is 1.43. The fourth-order valence-corrected chi connectivity index (χ4v) is 1.89. The van der Waals surface area contributed by atoms with Crippen molar-refractivity contribution >= 4 is 11.6 Å². The van der Waals surface area contributed by atoms with Gasteiger partial charge in [0.1, 0.15) is 17.2 Å². The van der Waals surface area contributed by atoms with Crippen LogP contribution in [-0.4, -0.2) is 12.5 Å². The summed E-state index contributed by atoms with van der Waals surface area (Å²) in [5, 5.41) is -1.23. The minimum Gasteiger partial charge on any atom is -0.490 e. The van der Waals surface area contributed by atoms with Crippen LogP contribution in [0.4, 0.5) is 8.78 Å². The maximum absolute atomic E-state index is 12.4. The van der Waals surface area contributed by atoms with Crippen molar-refractivity contribution in [2.24, 2.45) is 0 Å². The van der Waals surface area contributed by atoms with E-state index in [0.717, 1.165) is 17.7 Å². The summed E-state index contributed by atoms with van der Waals surface area (Å²) < 4.78 is 30.2. The summed E-state index contributed by atoms with van der Waals surface area (Å²) in [7, 11) is 0. The highest BCUT2D eigenvalue weighted by molar-refractivity contribution is 6.21. The highest BCUT2D eigenvalue weighted by Gasteiger charge is 2.24. The molecule has 0 amide bonds. The highest BCUT2D eigenvalue weighted by Crippen LogP contribution is 2.34. The van der Waals surface area contributed by atoms with Crippen molar-refractivity contribution in [3.05, 3.63) is 29.3 Å². The first-order chi connectivity index (χ1) is 7.08. The number of alkyl halides is 3. The van der Waals surface area contributed by atoms with Crippen molar-refractivity contribution in [3.63, 3.8) is 0 Å². The van der Waals surface area contributed by atoms with Crippen LogP contribution < -0.4 is 4.74 Å². The lowest BCUT2D eigenvalue weighted by Crippen LogP contribution is -2.05. The maximum Gasteiger partial charge on any atom is 0.258 e. The lowest BCUT2D eigenvalue weighted by molar-refractivity contribution is 0.143. The first-order valence-corrected chi connectivity index (χ1v) is 5.23. The third kappa shape index (κ3) is 2.07. The molecule has 2 rings (SSSR count). The molecule has 0 radical (unpaired) electrons. The molecule has 0 N–H and O–H groups in total. The van der Waals surface area contributed by atoms with E-state index in [0.29, 0.717) is 5.56 Å². The number of fused-ring (bicyclic) bond motifs is 1. The second-order valence-corrected chi connectivity index (χ2v) is 4.21. The fraction of sp³-hybridized carbons (Fsp3) is 0.455. The Morgan fingerprint density at radius 2 is 2.20 bits per heavy atom. The zero-order chi connectivity index (χ0) is 11.0. The molecule has 2 unspecified atom stereocenters. The van der Waals surface area contributed by atoms with Gasteiger partial charge in [-0.25, -0.2) is 8.78 Å². The minimum atomic E-state index is -2.54. The van der Waals surface area contributed by atoms with Crippen molar-refractivity contribution in [1.29, 1.82) is 0 Å². The Kier molecular flexibility index (Phi) is 2.83. The van der Waals surface area contributed by atoms with Gasteiger partial charge in [-0.1, -0.05) is 12.1 Å². The number of ether oxygens (including phenoxy) is 1. The third-order valence-electron chi connectivity index (χ3n) is 2.46. The molecule has 0 saturated heterocycles. The van der Waals surface area contributed by atoms with Crippen LogP contribution in [0.5, 0.6) is 5.75 Å². The van der Waals surface area contributed by atoms with Crippen molar-refractivity contribution in [2.75, 3.05) is 0 Å². The van der Waals surface area contributed by atoms with Gasteiger partial charge in [0.05, 0.1) is 0 Å². The van der Waals surface area contributed by atoms with E-state index in [1.54, 1.807) is 18.2 Å². The van der Waals surface area contributed by atoms with Gasteiger partial charge < -0.3 is 4.74 Å². The van der Waals surface area contributed by atoms with Crippen LogP contribution in [0.1, 0.15) is 23.4 Å². The normalized spacial score (nSPS) is 21.3. The Bertz CT molecular complexity index is 368. The Labute approximate surface area is 92.0 Å². The summed E-state index contributed by atoms with van der Waals surface area (Å²) >= 11 is 5.59. The summed E-state index contributed by atoms with van der Waals surface area (Å²) in [5.74, 6) is 0.782. The zero-order valence-corrected chi connectivity index (χ0v) is 8.97. The van der Waals surface area contributed by atoms with Gasteiger partial charge in [0.15, 0.2) is 0 Å². The summed E-state index contributed by atoms with van der Waals surface area (Å²) in [6, 6.07) is 5.02. The average Bonchev–Trinajstić information content (AvgIpc) is 2.55. The number of halogens is 3. The average molecular weight is 233 g/mol. The lowest BCUT2D eigenvalue weighted by Gasteiger charge is -2.09. The molecule has 1 aliphatic rings. The van der Waals surface area contributed by atoms with E-state index in [2.05, 4.69) is 0 Å². The molecule has 0 bridgehead atoms. The van der Waals surface area contributed by atoms with E-state index in [9.17, 15) is 8.78 Å². The van der Waals surface area contributed by atoms with Crippen LogP contribution in [0.25, 0.3) is 0 Å². The van der Waals surface area contributed by atoms with E-state index in [1.165, 1.54) is 0 Å². The van der Waals surface area contributed by atoms with Gasteiger partial charge in [0.25, 0.3) is 6.43 Å². The number of hydrogen-bond acceptors (Lipinski definition) is 1. The van der Waals surface area contributed by atoms with Crippen LogP contribution in [0, 0.1) is 0 Å². The van der Waals surface area contributed by atoms with Crippen LogP contribution in [-0.2, 0) is 6.42 Å². The molecule has 1 aliphatic heterocycles. The van der Waals surface area contributed by atoms with E-state index in [1.807, 2.05) is 6.92 Å². The number of benzene rings is 1. The van der Waals surface area contributed by atoms with Gasteiger partial charge in [-0.2, -0.15) is 0 Å². The van der Waals surface area contributed by atoms with E-state index >= 15 is 0 Å². The molecule has 82 valence electrons. The van der Waals surface area contributed by atoms with Crippen molar-refractivity contribution in [1.82, 2.24) is 0 Å². The van der Waals surface area contributed by atoms with Gasteiger partial charge in [0, 0.05) is 6.42 Å². The standard InChI is InChI=1S/C11H11ClF2O/c1-6-4-8-5-7(10(12)11(13)14)2-3-9(8)15-6/h2-3,5-6,10-11H,4H2,1H3. The molecule has 0 aromatic heterocycles. The Morgan fingerprint density at radius 1 is 1.47 bits per heavy atom. The van der Waals surface area contributed by atoms with Crippen molar-refractivity contribution in [2.45, 2.75) is 31.3 Å². The predicted octanol–water partition coefficient (Wildman–Crippen LogP) is 3.56. The molecular formula is C11H11ClF2O. The van der Waals surface area contributed by atoms with Crippen LogP contribution in [0.2, 0.25) is 0 Å². The van der Waals surface area contributed by atoms with Gasteiger partial charge in [-0.05, 0) is 24.1 Å². The molecule has 1 aromatic carbocycles. The van der Waals surface area contributed by atoms with Gasteiger partial charge in [0.2, 0.25) is 0 Å². The molecule has 0 aliphatic carbocycles. The second-order valence-electron chi connectivity index (χ2n) is 3.74. The molecule has 4 heteroatoms. The summed E-state index contributed by atoms with van der Waals surface area (Å²) in [6.45, 7) is 1.95. The van der Waals surface area contributed by atoms with Crippen molar-refractivity contribution < 1.29 is 13.5 Å². The third-order valence-corrected chi connectivity index (χ3v) is 2.90. The molecular weight excluding hydrogens is 222 g/mol. The fourth-order valence-electron chi connectivity index (χ4n) is 1.76. The first-order valence-electron chi connectivity index (χ1n) is 4.79. The quantitative estimate of drug-likeness (QED) is 0.709. The molecule has 2 atom stereocenters. The highest BCUT2D eigenvalue weighted by atomic mass is 35.5. The molecule has 0 spiro atoms. The first kappa shape index (κ1) is 10.7. The van der Waals surface area contributed by atoms with E-state index < -0.39 is 11.8 Å². The number of hydrogen-bond donors (Lipinski definition) is 0. The second kappa shape index (κ2) is 3.97. The zero-order valence-electron chi connectivity index (χ0n) is 8.21. The largest absolute Gasteiger partial charge is 0.490 e. The molecule has 0 saturated carbocycles. The number of rotatable bonds is 2. The Morgan fingerprint density at radius 3 is 2.87 bits per heavy atom. The van der Waals surface area contributed by atoms with Gasteiger partial charge in [-0.3, -0.25) is 0 Å². The monoisotopic (exact) mass is 232 g/mol. The van der Waals surface area contributed by atoms with Gasteiger partial charge >= 0.3 is 0 Å². The Balaban J connectivity index is 2.27. The smallest absolute Gasteiger partial charge is 0.258 e. The van der Waals surface area contributed by atoms with E-state index in [-0.39, 0.29) is 6.10 Å².